The second kappa shape index (κ2) is 9.63. The maximum atomic E-state index is 13.7. The maximum Gasteiger partial charge on any atom is 0.223 e. The molecule has 0 bridgehead atoms. The molecular weight excluding hydrogens is 377 g/mol. The van der Waals surface area contributed by atoms with E-state index in [1.807, 2.05) is 12.3 Å². The van der Waals surface area contributed by atoms with Gasteiger partial charge in [-0.2, -0.15) is 0 Å². The number of nitrogens with one attached hydrogen (secondary N) is 1. The lowest BCUT2D eigenvalue weighted by Crippen LogP contribution is -2.40. The van der Waals surface area contributed by atoms with Gasteiger partial charge in [0, 0.05) is 42.5 Å². The van der Waals surface area contributed by atoms with Gasteiger partial charge >= 0.3 is 0 Å². The number of likely N-dealkylation sites (tertiary alicyclic amines) is 1. The molecule has 2 heterocycles. The van der Waals surface area contributed by atoms with Crippen LogP contribution in [0.5, 0.6) is 0 Å². The number of halogens is 1. The van der Waals surface area contributed by atoms with Crippen molar-refractivity contribution in [3.63, 3.8) is 0 Å². The molecule has 5 heteroatoms. The third-order valence-electron chi connectivity index (χ3n) is 5.75. The molecule has 30 heavy (non-hydrogen) atoms. The van der Waals surface area contributed by atoms with Crippen LogP contribution in [0.3, 0.4) is 0 Å². The van der Waals surface area contributed by atoms with E-state index < -0.39 is 0 Å². The van der Waals surface area contributed by atoms with Gasteiger partial charge in [0.25, 0.3) is 0 Å². The highest BCUT2D eigenvalue weighted by atomic mass is 19.1. The Morgan fingerprint density at radius 3 is 2.47 bits per heavy atom. The van der Waals surface area contributed by atoms with Gasteiger partial charge in [0.05, 0.1) is 0 Å². The summed E-state index contributed by atoms with van der Waals surface area (Å²) in [5.41, 5.74) is 4.12. The normalized spacial score (nSPS) is 15.1. The second-order valence-electron chi connectivity index (χ2n) is 7.76. The number of aromatic nitrogens is 1. The minimum atomic E-state index is -0.278. The molecule has 0 unspecified atom stereocenters. The van der Waals surface area contributed by atoms with Crippen molar-refractivity contribution in [2.75, 3.05) is 13.1 Å². The topological polar surface area (TPSA) is 45.2 Å². The summed E-state index contributed by atoms with van der Waals surface area (Å²) in [7, 11) is 0. The van der Waals surface area contributed by atoms with Crippen molar-refractivity contribution in [2.45, 2.75) is 25.9 Å². The van der Waals surface area contributed by atoms with Crippen LogP contribution >= 0.6 is 0 Å². The summed E-state index contributed by atoms with van der Waals surface area (Å²) >= 11 is 0. The van der Waals surface area contributed by atoms with Crippen LogP contribution in [0, 0.1) is 11.7 Å². The van der Waals surface area contributed by atoms with Gasteiger partial charge in [-0.15, -0.1) is 0 Å². The van der Waals surface area contributed by atoms with Crippen molar-refractivity contribution in [2.24, 2.45) is 5.92 Å². The lowest BCUT2D eigenvalue weighted by Gasteiger charge is -2.31. The number of carbonyl (C=O) groups excluding carboxylic acids is 1. The highest BCUT2D eigenvalue weighted by Gasteiger charge is 2.25. The van der Waals surface area contributed by atoms with E-state index in [9.17, 15) is 9.18 Å². The molecule has 1 aliphatic rings. The van der Waals surface area contributed by atoms with E-state index in [1.165, 1.54) is 17.2 Å². The largest absolute Gasteiger partial charge is 0.352 e. The summed E-state index contributed by atoms with van der Waals surface area (Å²) in [6.45, 7) is 2.84. The molecular formula is C25H26FN3O. The Labute approximate surface area is 176 Å². The van der Waals surface area contributed by atoms with Crippen LogP contribution < -0.4 is 5.32 Å². The predicted molar refractivity (Wildman–Crippen MR) is 116 cm³/mol. The van der Waals surface area contributed by atoms with Crippen LogP contribution in [0.4, 0.5) is 4.39 Å². The summed E-state index contributed by atoms with van der Waals surface area (Å²) in [5.74, 6) is -0.268. The van der Waals surface area contributed by atoms with Crippen LogP contribution in [0.1, 0.15) is 24.0 Å². The Morgan fingerprint density at radius 1 is 1.00 bits per heavy atom. The molecule has 0 radical (unpaired) electrons. The predicted octanol–water partition coefficient (Wildman–Crippen LogP) is 4.42. The molecule has 1 amide bonds. The molecule has 1 N–H and O–H groups in total. The zero-order valence-electron chi connectivity index (χ0n) is 16.9. The number of carbonyl (C=O) groups is 1. The molecule has 1 saturated heterocycles. The third kappa shape index (κ3) is 4.92. The molecule has 4 nitrogen and oxygen atoms in total. The molecule has 4 rings (SSSR count). The average Bonchev–Trinajstić information content (AvgIpc) is 2.80. The Hall–Kier alpha value is -3.05. The zero-order valence-corrected chi connectivity index (χ0v) is 16.9. The Morgan fingerprint density at radius 2 is 1.73 bits per heavy atom. The van der Waals surface area contributed by atoms with Gasteiger partial charge in [0.2, 0.25) is 5.91 Å². The number of benzene rings is 2. The molecule has 1 aromatic heterocycles. The van der Waals surface area contributed by atoms with Crippen LogP contribution in [0.25, 0.3) is 11.1 Å². The molecule has 3 aromatic rings. The number of hydrogen-bond donors (Lipinski definition) is 1. The van der Waals surface area contributed by atoms with Crippen LogP contribution in [0.2, 0.25) is 0 Å². The SMILES string of the molecule is O=C(NCc1ccccc1F)C1CCN(Cc2ccccc2-c2cccnc2)CC1. The van der Waals surface area contributed by atoms with Crippen molar-refractivity contribution in [3.05, 3.63) is 90.0 Å². The fourth-order valence-corrected chi connectivity index (χ4v) is 4.02. The zero-order chi connectivity index (χ0) is 20.8. The third-order valence-corrected chi connectivity index (χ3v) is 5.75. The minimum absolute atomic E-state index is 0.0124. The smallest absolute Gasteiger partial charge is 0.223 e. The Bertz CT molecular complexity index is 984. The summed E-state index contributed by atoms with van der Waals surface area (Å²) in [5, 5.41) is 2.90. The van der Waals surface area contributed by atoms with Crippen LogP contribution in [-0.2, 0) is 17.9 Å². The lowest BCUT2D eigenvalue weighted by atomic mass is 9.94. The van der Waals surface area contributed by atoms with E-state index in [2.05, 4.69) is 45.5 Å². The van der Waals surface area contributed by atoms with Gasteiger partial charge in [-0.05, 0) is 49.2 Å². The fourth-order valence-electron chi connectivity index (χ4n) is 4.02. The van der Waals surface area contributed by atoms with Crippen molar-refractivity contribution in [3.8, 4) is 11.1 Å². The Balaban J connectivity index is 1.31. The van der Waals surface area contributed by atoms with Gasteiger partial charge in [-0.1, -0.05) is 48.5 Å². The van der Waals surface area contributed by atoms with Gasteiger partial charge < -0.3 is 5.32 Å². The highest BCUT2D eigenvalue weighted by molar-refractivity contribution is 5.78. The van der Waals surface area contributed by atoms with E-state index in [-0.39, 0.29) is 24.2 Å². The number of piperidine rings is 1. The van der Waals surface area contributed by atoms with E-state index in [0.717, 1.165) is 38.0 Å². The van der Waals surface area contributed by atoms with Gasteiger partial charge in [0.1, 0.15) is 5.82 Å². The summed E-state index contributed by atoms with van der Waals surface area (Å²) in [6.07, 6.45) is 5.31. The molecule has 154 valence electrons. The molecule has 0 spiro atoms. The first-order chi connectivity index (χ1) is 14.7. The fraction of sp³-hybridized carbons (Fsp3) is 0.280. The average molecular weight is 404 g/mol. The van der Waals surface area contributed by atoms with E-state index in [1.54, 1.807) is 24.4 Å². The molecule has 0 aliphatic carbocycles. The molecule has 0 saturated carbocycles. The van der Waals surface area contributed by atoms with E-state index in [0.29, 0.717) is 5.56 Å². The van der Waals surface area contributed by atoms with E-state index in [4.69, 9.17) is 0 Å². The molecule has 0 atom stereocenters. The lowest BCUT2D eigenvalue weighted by molar-refractivity contribution is -0.126. The second-order valence-corrected chi connectivity index (χ2v) is 7.76. The minimum Gasteiger partial charge on any atom is -0.352 e. The van der Waals surface area contributed by atoms with Gasteiger partial charge in [-0.3, -0.25) is 14.7 Å². The number of hydrogen-bond acceptors (Lipinski definition) is 3. The number of amides is 1. The standard InChI is InChI=1S/C25H26FN3O/c26-24-10-4-2-6-21(24)17-28-25(30)19-11-14-29(15-12-19)18-22-7-1-3-9-23(22)20-8-5-13-27-16-20/h1-10,13,16,19H,11-12,14-15,17-18H2,(H,28,30). The maximum absolute atomic E-state index is 13.7. The molecule has 1 fully saturated rings. The highest BCUT2D eigenvalue weighted by Crippen LogP contribution is 2.26. The van der Waals surface area contributed by atoms with Crippen molar-refractivity contribution in [1.29, 1.82) is 0 Å². The number of nitrogens with zero attached hydrogens (tertiary/aromatic N) is 2. The van der Waals surface area contributed by atoms with Crippen LogP contribution in [-0.4, -0.2) is 28.9 Å². The first-order valence-electron chi connectivity index (χ1n) is 10.4. The van der Waals surface area contributed by atoms with Gasteiger partial charge in [0.15, 0.2) is 0 Å². The summed E-state index contributed by atoms with van der Waals surface area (Å²) < 4.78 is 13.7. The Kier molecular flexibility index (Phi) is 6.50. The monoisotopic (exact) mass is 403 g/mol. The van der Waals surface area contributed by atoms with E-state index >= 15 is 0 Å². The van der Waals surface area contributed by atoms with Crippen LogP contribution in [0.15, 0.2) is 73.1 Å². The van der Waals surface area contributed by atoms with Crippen molar-refractivity contribution >= 4 is 5.91 Å². The van der Waals surface area contributed by atoms with Crippen molar-refractivity contribution < 1.29 is 9.18 Å². The summed E-state index contributed by atoms with van der Waals surface area (Å²) in [4.78, 5) is 19.2. The van der Waals surface area contributed by atoms with Crippen molar-refractivity contribution in [1.82, 2.24) is 15.2 Å². The first-order valence-corrected chi connectivity index (χ1v) is 10.4. The molecule has 2 aromatic carbocycles. The molecule has 1 aliphatic heterocycles. The number of pyridine rings is 1. The quantitative estimate of drug-likeness (QED) is 0.663. The number of rotatable bonds is 6. The van der Waals surface area contributed by atoms with Gasteiger partial charge in [-0.25, -0.2) is 4.39 Å². The first kappa shape index (κ1) is 20.2. The summed E-state index contributed by atoms with van der Waals surface area (Å²) in [6, 6.07) is 19.0.